The summed E-state index contributed by atoms with van der Waals surface area (Å²) in [5.41, 5.74) is -0.434. The lowest BCUT2D eigenvalue weighted by atomic mass is 9.79. The molecule has 2 aromatic rings. The van der Waals surface area contributed by atoms with Crippen LogP contribution >= 0.6 is 11.6 Å². The molecule has 0 radical (unpaired) electrons. The first-order valence-corrected chi connectivity index (χ1v) is 10.4. The molecule has 0 aliphatic heterocycles. The summed E-state index contributed by atoms with van der Waals surface area (Å²) in [6.07, 6.45) is 3.17. The van der Waals surface area contributed by atoms with Gasteiger partial charge >= 0.3 is 11.7 Å². The van der Waals surface area contributed by atoms with Crippen LogP contribution in [0.3, 0.4) is 0 Å². The molecule has 0 spiro atoms. The highest BCUT2D eigenvalue weighted by Crippen LogP contribution is 2.34. The molecule has 158 valence electrons. The molecule has 2 N–H and O–H groups in total. The minimum Gasteiger partial charge on any atom is -0.444 e. The molecular weight excluding hydrogens is 394 g/mol. The van der Waals surface area contributed by atoms with E-state index < -0.39 is 22.9 Å². The third-order valence-corrected chi connectivity index (χ3v) is 5.48. The highest BCUT2D eigenvalue weighted by Gasteiger charge is 2.34. The van der Waals surface area contributed by atoms with Crippen LogP contribution in [0.4, 0.5) is 4.79 Å². The molecule has 1 aromatic heterocycles. The number of aliphatic hydroxyl groups is 1. The largest absolute Gasteiger partial charge is 0.444 e. The molecule has 1 aromatic carbocycles. The van der Waals surface area contributed by atoms with Gasteiger partial charge < -0.3 is 19.6 Å². The van der Waals surface area contributed by atoms with Crippen LogP contribution in [-0.2, 0) is 11.2 Å². The summed E-state index contributed by atoms with van der Waals surface area (Å²) in [6, 6.07) is 6.60. The predicted octanol–water partition coefficient (Wildman–Crippen LogP) is 4.58. The Bertz CT molecular complexity index is 938. The Morgan fingerprint density at radius 3 is 2.66 bits per heavy atom. The highest BCUT2D eigenvalue weighted by molar-refractivity contribution is 6.31. The van der Waals surface area contributed by atoms with Gasteiger partial charge in [0, 0.05) is 22.5 Å². The van der Waals surface area contributed by atoms with Crippen LogP contribution in [0.25, 0.3) is 11.0 Å². The first-order chi connectivity index (χ1) is 13.5. The van der Waals surface area contributed by atoms with Gasteiger partial charge in [0.25, 0.3) is 0 Å². The van der Waals surface area contributed by atoms with E-state index in [4.69, 9.17) is 20.8 Å². The summed E-state index contributed by atoms with van der Waals surface area (Å²) in [6.45, 7) is 5.48. The second kappa shape index (κ2) is 8.36. The first-order valence-electron chi connectivity index (χ1n) is 9.97. The summed E-state index contributed by atoms with van der Waals surface area (Å²) < 4.78 is 10.7. The maximum Gasteiger partial charge on any atom is 0.407 e. The monoisotopic (exact) mass is 421 g/mol. The minimum absolute atomic E-state index is 0.00449. The van der Waals surface area contributed by atoms with Crippen LogP contribution in [0.1, 0.15) is 58.4 Å². The Morgan fingerprint density at radius 1 is 1.31 bits per heavy atom. The third-order valence-electron chi connectivity index (χ3n) is 5.26. The Kier molecular flexibility index (Phi) is 6.24. The standard InChI is InChI=1S/C22H28ClNO5/c1-21(2,3)29-20(26)24-17-7-10-22(27,11-8-17)9-6-15-13-16(23)12-14-4-5-18(25)28-19(14)15/h4-5,12-13,17,27H,6-11H2,1-3H3,(H,24,26)/t17-,22-. The average Bonchev–Trinajstić information content (AvgIpc) is 2.61. The van der Waals surface area contributed by atoms with Crippen molar-refractivity contribution >= 4 is 28.7 Å². The van der Waals surface area contributed by atoms with Gasteiger partial charge in [0.2, 0.25) is 0 Å². The van der Waals surface area contributed by atoms with Crippen molar-refractivity contribution in [2.24, 2.45) is 0 Å². The zero-order valence-corrected chi connectivity index (χ0v) is 17.8. The molecule has 3 rings (SSSR count). The van der Waals surface area contributed by atoms with Gasteiger partial charge in [0.15, 0.2) is 0 Å². The van der Waals surface area contributed by atoms with Crippen molar-refractivity contribution in [3.63, 3.8) is 0 Å². The number of nitrogens with one attached hydrogen (secondary N) is 1. The zero-order valence-electron chi connectivity index (χ0n) is 17.1. The van der Waals surface area contributed by atoms with E-state index in [1.165, 1.54) is 6.07 Å². The lowest BCUT2D eigenvalue weighted by Crippen LogP contribution is -2.45. The number of hydrogen-bond donors (Lipinski definition) is 2. The number of rotatable bonds is 4. The summed E-state index contributed by atoms with van der Waals surface area (Å²) in [4.78, 5) is 23.5. The topological polar surface area (TPSA) is 88.8 Å². The number of ether oxygens (including phenoxy) is 1. The normalized spacial score (nSPS) is 22.4. The molecule has 0 saturated heterocycles. The van der Waals surface area contributed by atoms with Crippen LogP contribution in [-0.4, -0.2) is 28.4 Å². The van der Waals surface area contributed by atoms with E-state index in [-0.39, 0.29) is 6.04 Å². The fraction of sp³-hybridized carbons (Fsp3) is 0.545. The van der Waals surface area contributed by atoms with Gasteiger partial charge in [-0.25, -0.2) is 9.59 Å². The highest BCUT2D eigenvalue weighted by atomic mass is 35.5. The summed E-state index contributed by atoms with van der Waals surface area (Å²) in [5, 5.41) is 15.2. The molecule has 1 fully saturated rings. The number of amides is 1. The van der Waals surface area contributed by atoms with Crippen molar-refractivity contribution in [3.05, 3.63) is 45.3 Å². The lowest BCUT2D eigenvalue weighted by molar-refractivity contribution is -0.0128. The molecule has 1 heterocycles. The van der Waals surface area contributed by atoms with E-state index in [1.54, 1.807) is 18.2 Å². The van der Waals surface area contributed by atoms with Gasteiger partial charge in [-0.2, -0.15) is 0 Å². The smallest absolute Gasteiger partial charge is 0.407 e. The van der Waals surface area contributed by atoms with Gasteiger partial charge in [-0.15, -0.1) is 0 Å². The number of aryl methyl sites for hydroxylation is 1. The molecule has 7 heteroatoms. The van der Waals surface area contributed by atoms with Crippen LogP contribution < -0.4 is 10.9 Å². The molecule has 29 heavy (non-hydrogen) atoms. The van der Waals surface area contributed by atoms with Gasteiger partial charge in [-0.3, -0.25) is 0 Å². The number of fused-ring (bicyclic) bond motifs is 1. The van der Waals surface area contributed by atoms with E-state index in [0.717, 1.165) is 10.9 Å². The Balaban J connectivity index is 1.60. The summed E-state index contributed by atoms with van der Waals surface area (Å²) >= 11 is 6.20. The van der Waals surface area contributed by atoms with Crippen molar-refractivity contribution in [1.29, 1.82) is 0 Å². The van der Waals surface area contributed by atoms with E-state index in [2.05, 4.69) is 5.32 Å². The average molecular weight is 422 g/mol. The van der Waals surface area contributed by atoms with Crippen LogP contribution in [0.5, 0.6) is 0 Å². The summed E-state index contributed by atoms with van der Waals surface area (Å²) in [7, 11) is 0. The SMILES string of the molecule is CC(C)(C)OC(=O)N[C@H]1CC[C@@](O)(CCc2cc(Cl)cc3ccc(=O)oc23)CC1. The van der Waals surface area contributed by atoms with E-state index in [0.29, 0.717) is 49.1 Å². The molecule has 6 nitrogen and oxygen atoms in total. The molecule has 1 saturated carbocycles. The fourth-order valence-electron chi connectivity index (χ4n) is 3.79. The second-order valence-electron chi connectivity index (χ2n) is 8.88. The van der Waals surface area contributed by atoms with Gasteiger partial charge in [0.1, 0.15) is 11.2 Å². The van der Waals surface area contributed by atoms with Crippen molar-refractivity contribution in [2.45, 2.75) is 76.5 Å². The maximum atomic E-state index is 11.9. The number of alkyl carbamates (subject to hydrolysis) is 1. The van der Waals surface area contributed by atoms with Crippen LogP contribution in [0.2, 0.25) is 5.02 Å². The van der Waals surface area contributed by atoms with E-state index >= 15 is 0 Å². The van der Waals surface area contributed by atoms with Crippen molar-refractivity contribution in [2.75, 3.05) is 0 Å². The van der Waals surface area contributed by atoms with E-state index in [1.807, 2.05) is 20.8 Å². The lowest BCUT2D eigenvalue weighted by Gasteiger charge is -2.36. The number of halogens is 1. The molecule has 0 unspecified atom stereocenters. The predicted molar refractivity (Wildman–Crippen MR) is 112 cm³/mol. The first kappa shape index (κ1) is 21.7. The quantitative estimate of drug-likeness (QED) is 0.705. The van der Waals surface area contributed by atoms with Crippen LogP contribution in [0.15, 0.2) is 33.5 Å². The van der Waals surface area contributed by atoms with E-state index in [9.17, 15) is 14.7 Å². The molecule has 1 amide bonds. The van der Waals surface area contributed by atoms with Crippen LogP contribution in [0, 0.1) is 0 Å². The summed E-state index contributed by atoms with van der Waals surface area (Å²) in [5.74, 6) is 0. The second-order valence-corrected chi connectivity index (χ2v) is 9.32. The number of benzene rings is 1. The van der Waals surface area contributed by atoms with Gasteiger partial charge in [-0.05, 0) is 83.1 Å². The third kappa shape index (κ3) is 5.97. The van der Waals surface area contributed by atoms with Crippen molar-refractivity contribution in [1.82, 2.24) is 5.32 Å². The fourth-order valence-corrected chi connectivity index (χ4v) is 4.04. The minimum atomic E-state index is -0.824. The van der Waals surface area contributed by atoms with Crippen molar-refractivity contribution < 1.29 is 19.1 Å². The molecule has 0 atom stereocenters. The van der Waals surface area contributed by atoms with Gasteiger partial charge in [-0.1, -0.05) is 11.6 Å². The Hall–Kier alpha value is -2.05. The number of carbonyl (C=O) groups excluding carboxylic acids is 1. The zero-order chi connectivity index (χ0) is 21.2. The Morgan fingerprint density at radius 2 is 2.00 bits per heavy atom. The maximum absolute atomic E-state index is 11.9. The van der Waals surface area contributed by atoms with Crippen molar-refractivity contribution in [3.8, 4) is 0 Å². The molecule has 0 bridgehead atoms. The molecular formula is C22H28ClNO5. The van der Waals surface area contributed by atoms with Gasteiger partial charge in [0.05, 0.1) is 5.60 Å². The number of hydrogen-bond acceptors (Lipinski definition) is 5. The Labute approximate surface area is 175 Å². The number of carbonyl (C=O) groups is 1. The molecule has 1 aliphatic rings. The molecule has 1 aliphatic carbocycles.